The van der Waals surface area contributed by atoms with Gasteiger partial charge < -0.3 is 5.32 Å². The molecular weight excluding hydrogens is 136 g/mol. The van der Waals surface area contributed by atoms with E-state index in [0.717, 1.165) is 6.54 Å². The minimum absolute atomic E-state index is 0.252. The molecule has 60 valence electrons. The van der Waals surface area contributed by atoms with Crippen LogP contribution in [0.25, 0.3) is 0 Å². The van der Waals surface area contributed by atoms with Gasteiger partial charge >= 0.3 is 0 Å². The largest absolute Gasteiger partial charge is 0.305 e. The van der Waals surface area contributed by atoms with E-state index in [2.05, 4.69) is 23.3 Å². The third-order valence-electron chi connectivity index (χ3n) is 1.61. The van der Waals surface area contributed by atoms with Crippen LogP contribution in [-0.2, 0) is 0 Å². The van der Waals surface area contributed by atoms with Crippen molar-refractivity contribution in [1.29, 1.82) is 0 Å². The van der Waals surface area contributed by atoms with Crippen molar-refractivity contribution in [3.05, 3.63) is 24.4 Å². The van der Waals surface area contributed by atoms with Crippen molar-refractivity contribution in [2.75, 3.05) is 6.54 Å². The summed E-state index contributed by atoms with van der Waals surface area (Å²) in [7, 11) is 0. The van der Waals surface area contributed by atoms with Crippen LogP contribution in [0, 0.1) is 0 Å². The average Bonchev–Trinajstić information content (AvgIpc) is 2.69. The fourth-order valence-electron chi connectivity index (χ4n) is 0.698. The molecule has 1 fully saturated rings. The molecule has 1 N–H and O–H groups in total. The minimum atomic E-state index is 0.252. The Labute approximate surface area is 67.7 Å². The summed E-state index contributed by atoms with van der Waals surface area (Å²) in [5.74, 6) is 0. The van der Waals surface area contributed by atoms with Crippen molar-refractivity contribution < 1.29 is 0 Å². The Morgan fingerprint density at radius 2 is 2.27 bits per heavy atom. The summed E-state index contributed by atoms with van der Waals surface area (Å²) in [5.41, 5.74) is 0.252. The van der Waals surface area contributed by atoms with Gasteiger partial charge in [0.25, 0.3) is 0 Å². The lowest BCUT2D eigenvalue weighted by Crippen LogP contribution is -2.02. The molecule has 0 aromatic heterocycles. The molecule has 1 rings (SSSR count). The highest BCUT2D eigenvalue weighted by Gasteiger charge is 2.32. The average molecular weight is 150 g/mol. The van der Waals surface area contributed by atoms with Gasteiger partial charge in [0, 0.05) is 24.5 Å². The first-order valence-electron chi connectivity index (χ1n) is 3.84. The smallest absolute Gasteiger partial charge is 0.0466 e. The second kappa shape index (κ2) is 3.49. The highest BCUT2D eigenvalue weighted by Crippen LogP contribution is 2.15. The summed E-state index contributed by atoms with van der Waals surface area (Å²) in [4.78, 5) is 4.00. The maximum atomic E-state index is 4.00. The van der Waals surface area contributed by atoms with Crippen LogP contribution < -0.4 is 5.32 Å². The van der Waals surface area contributed by atoms with Gasteiger partial charge in [-0.25, -0.2) is 0 Å². The van der Waals surface area contributed by atoms with E-state index in [4.69, 9.17) is 0 Å². The van der Waals surface area contributed by atoms with Crippen molar-refractivity contribution >= 4 is 6.21 Å². The minimum Gasteiger partial charge on any atom is -0.305 e. The first kappa shape index (κ1) is 8.21. The van der Waals surface area contributed by atoms with Gasteiger partial charge in [-0.3, -0.25) is 4.99 Å². The third-order valence-corrected chi connectivity index (χ3v) is 1.61. The van der Waals surface area contributed by atoms with Crippen molar-refractivity contribution in [3.63, 3.8) is 0 Å². The number of rotatable bonds is 3. The third kappa shape index (κ3) is 3.14. The number of nitrogens with zero attached hydrogens (tertiary/aromatic N) is 1. The Balaban J connectivity index is 2.25. The molecule has 0 aromatic carbocycles. The first-order valence-corrected chi connectivity index (χ1v) is 3.84. The van der Waals surface area contributed by atoms with Gasteiger partial charge in [0.2, 0.25) is 0 Å². The molecule has 0 amide bonds. The molecule has 0 radical (unpaired) electrons. The second-order valence-corrected chi connectivity index (χ2v) is 2.91. The molecule has 2 nitrogen and oxygen atoms in total. The predicted octanol–water partition coefficient (Wildman–Crippen LogP) is 1.51. The van der Waals surface area contributed by atoms with Gasteiger partial charge in [-0.15, -0.1) is 0 Å². The van der Waals surface area contributed by atoms with Gasteiger partial charge in [0.1, 0.15) is 0 Å². The molecule has 1 saturated heterocycles. The fourth-order valence-corrected chi connectivity index (χ4v) is 0.698. The van der Waals surface area contributed by atoms with E-state index in [-0.39, 0.29) is 5.54 Å². The van der Waals surface area contributed by atoms with Gasteiger partial charge in [-0.05, 0) is 19.9 Å². The Hall–Kier alpha value is -0.890. The SMILES string of the molecule is C/C=C/N=C/C=C/C1(C)CN1. The van der Waals surface area contributed by atoms with Crippen LogP contribution in [0.1, 0.15) is 13.8 Å². The molecule has 1 heterocycles. The normalized spacial score (nSPS) is 31.1. The maximum Gasteiger partial charge on any atom is 0.0466 e. The van der Waals surface area contributed by atoms with Crippen LogP contribution in [0.2, 0.25) is 0 Å². The molecule has 0 aliphatic carbocycles. The summed E-state index contributed by atoms with van der Waals surface area (Å²) in [5, 5.41) is 3.24. The van der Waals surface area contributed by atoms with Gasteiger partial charge in [0.05, 0.1) is 0 Å². The lowest BCUT2D eigenvalue weighted by Gasteiger charge is -1.92. The number of hydrogen-bond donors (Lipinski definition) is 1. The van der Waals surface area contributed by atoms with Gasteiger partial charge in [-0.1, -0.05) is 12.2 Å². The first-order chi connectivity index (χ1) is 5.27. The van der Waals surface area contributed by atoms with Crippen LogP contribution in [0.5, 0.6) is 0 Å². The molecular formula is C9H14N2. The summed E-state index contributed by atoms with van der Waals surface area (Å²) in [6.45, 7) is 5.19. The molecule has 1 unspecified atom stereocenters. The number of nitrogens with one attached hydrogen (secondary N) is 1. The fraction of sp³-hybridized carbons (Fsp3) is 0.444. The standard InChI is InChI=1S/C9H14N2/c1-3-6-10-7-4-5-9(2)8-11-9/h3-7,11H,8H2,1-2H3/b5-4+,6-3+,10-7+. The molecule has 0 bridgehead atoms. The molecule has 0 aromatic rings. The second-order valence-electron chi connectivity index (χ2n) is 2.91. The highest BCUT2D eigenvalue weighted by molar-refractivity contribution is 5.72. The Morgan fingerprint density at radius 1 is 1.55 bits per heavy atom. The topological polar surface area (TPSA) is 34.3 Å². The summed E-state index contributed by atoms with van der Waals surface area (Å²) < 4.78 is 0. The maximum absolute atomic E-state index is 4.00. The summed E-state index contributed by atoms with van der Waals surface area (Å²) >= 11 is 0. The molecule has 2 heteroatoms. The van der Waals surface area contributed by atoms with Crippen LogP contribution in [-0.4, -0.2) is 18.3 Å². The van der Waals surface area contributed by atoms with Gasteiger partial charge in [0.15, 0.2) is 0 Å². The number of allylic oxidation sites excluding steroid dienone is 2. The predicted molar refractivity (Wildman–Crippen MR) is 48.9 cm³/mol. The van der Waals surface area contributed by atoms with E-state index >= 15 is 0 Å². The van der Waals surface area contributed by atoms with Crippen LogP contribution in [0.3, 0.4) is 0 Å². The van der Waals surface area contributed by atoms with E-state index in [0.29, 0.717) is 0 Å². The van der Waals surface area contributed by atoms with Crippen molar-refractivity contribution in [2.24, 2.45) is 4.99 Å². The Kier molecular flexibility index (Phi) is 2.60. The summed E-state index contributed by atoms with van der Waals surface area (Å²) in [6.07, 6.45) is 9.57. The number of aliphatic imine (C=N–C) groups is 1. The van der Waals surface area contributed by atoms with E-state index < -0.39 is 0 Å². The Morgan fingerprint density at radius 3 is 2.82 bits per heavy atom. The van der Waals surface area contributed by atoms with E-state index in [1.165, 1.54) is 0 Å². The van der Waals surface area contributed by atoms with Crippen molar-refractivity contribution in [3.8, 4) is 0 Å². The monoisotopic (exact) mass is 150 g/mol. The molecule has 1 atom stereocenters. The van der Waals surface area contributed by atoms with Crippen molar-refractivity contribution in [1.82, 2.24) is 5.32 Å². The van der Waals surface area contributed by atoms with E-state index in [9.17, 15) is 0 Å². The molecule has 1 aliphatic rings. The molecule has 11 heavy (non-hydrogen) atoms. The van der Waals surface area contributed by atoms with E-state index in [1.807, 2.05) is 19.1 Å². The Bertz CT molecular complexity index is 198. The highest BCUT2D eigenvalue weighted by atomic mass is 15.1. The quantitative estimate of drug-likeness (QED) is 0.480. The van der Waals surface area contributed by atoms with Crippen LogP contribution in [0.15, 0.2) is 29.4 Å². The zero-order chi connectivity index (χ0) is 8.16. The van der Waals surface area contributed by atoms with Crippen LogP contribution in [0.4, 0.5) is 0 Å². The lowest BCUT2D eigenvalue weighted by atomic mass is 10.2. The van der Waals surface area contributed by atoms with Gasteiger partial charge in [-0.2, -0.15) is 0 Å². The molecule has 1 aliphatic heterocycles. The van der Waals surface area contributed by atoms with E-state index in [1.54, 1.807) is 12.4 Å². The zero-order valence-corrected chi connectivity index (χ0v) is 7.04. The number of hydrogen-bond acceptors (Lipinski definition) is 2. The molecule has 0 saturated carbocycles. The van der Waals surface area contributed by atoms with Crippen molar-refractivity contribution in [2.45, 2.75) is 19.4 Å². The molecule has 0 spiro atoms. The lowest BCUT2D eigenvalue weighted by molar-refractivity contribution is 0.882. The zero-order valence-electron chi connectivity index (χ0n) is 7.04. The summed E-state index contributed by atoms with van der Waals surface area (Å²) in [6, 6.07) is 0. The van der Waals surface area contributed by atoms with Crippen LogP contribution >= 0.6 is 0 Å².